The van der Waals surface area contributed by atoms with Gasteiger partial charge in [0.25, 0.3) is 20.2 Å². The molecule has 5 N–H and O–H groups in total. The Bertz CT molecular complexity index is 5730. The van der Waals surface area contributed by atoms with E-state index in [0.29, 0.717) is 110 Å². The van der Waals surface area contributed by atoms with E-state index in [1.54, 1.807) is 12.1 Å². The molecule has 0 radical (unpaired) electrons. The summed E-state index contributed by atoms with van der Waals surface area (Å²) in [6.45, 7) is -0.676. The van der Waals surface area contributed by atoms with Crippen molar-refractivity contribution < 1.29 is 45.1 Å². The third-order valence-corrected chi connectivity index (χ3v) is 21.5. The van der Waals surface area contributed by atoms with Gasteiger partial charge in [-0.1, -0.05) is 182 Å². The number of nitrogens with one attached hydrogen (secondary N) is 1. The second-order valence-corrected chi connectivity index (χ2v) is 27.5. The van der Waals surface area contributed by atoms with E-state index < -0.39 is 57.7 Å². The number of aliphatic imine (C=N–C) groups is 4. The molecule has 12 aromatic rings. The molecular weight excluding hydrogens is 1230 g/mol. The van der Waals surface area contributed by atoms with Crippen molar-refractivity contribution in [3.63, 3.8) is 0 Å². The van der Waals surface area contributed by atoms with Gasteiger partial charge in [0.15, 0.2) is 23.3 Å². The third kappa shape index (κ3) is 8.77. The van der Waals surface area contributed by atoms with Crippen LogP contribution < -0.4 is 16.3 Å². The van der Waals surface area contributed by atoms with Crippen molar-refractivity contribution in [1.82, 2.24) is 13.8 Å². The number of aromatic nitrogens is 2. The SMILES string of the molecule is O=C(O)C(CS)NCO[Si]1(O)n2c3c4c(-c5ccccc5)c5cc(S(=O)(=O)O)ccc5c(-c5ccccc5)c4c2N=C2N=C(N=c4c5c(-c6ccccc6)c6cc(S(=O)(=O)O)ccc6c(-c6ccccc6)c5c(n41)=NC1=NC(=N3)c3ccccc31)c1ccccc12. The summed E-state index contributed by atoms with van der Waals surface area (Å²) in [7, 11) is -15.5. The molecule has 0 aliphatic carbocycles. The molecule has 16 rings (SSSR count). The van der Waals surface area contributed by atoms with Crippen molar-refractivity contribution in [2.75, 3.05) is 12.5 Å². The Morgan fingerprint density at radius 2 is 0.802 bits per heavy atom. The lowest BCUT2D eigenvalue weighted by Crippen LogP contribution is -2.63. The van der Waals surface area contributed by atoms with Crippen LogP contribution in [0.2, 0.25) is 0 Å². The van der Waals surface area contributed by atoms with Crippen LogP contribution in [-0.4, -0.2) is 101 Å². The van der Waals surface area contributed by atoms with Crippen molar-refractivity contribution in [3.05, 3.63) is 239 Å². The van der Waals surface area contributed by atoms with E-state index in [0.717, 1.165) is 0 Å². The Morgan fingerprint density at radius 3 is 1.16 bits per heavy atom. The number of carbonyl (C=O) groups is 1. The molecule has 0 saturated carbocycles. The topological polar surface area (TPSA) is 272 Å². The molecule has 2 unspecified atom stereocenters. The number of hydrogen-bond acceptors (Lipinski definition) is 15. The van der Waals surface area contributed by atoms with Crippen LogP contribution in [0.5, 0.6) is 0 Å². The van der Waals surface area contributed by atoms with Crippen LogP contribution in [0.3, 0.4) is 0 Å². The molecule has 6 heterocycles. The summed E-state index contributed by atoms with van der Waals surface area (Å²) >= 11 is 4.41. The van der Waals surface area contributed by atoms with Gasteiger partial charge in [0.2, 0.25) is 0 Å². The average molecular weight is 1270 g/mol. The normalized spacial score (nSPS) is 15.9. The number of hydrogen-bond donors (Lipinski definition) is 6. The number of thiol groups is 1. The fourth-order valence-electron chi connectivity index (χ4n) is 13.0. The number of fused-ring (bicyclic) bond motifs is 16. The Kier molecular flexibility index (Phi) is 12.9. The third-order valence-electron chi connectivity index (χ3n) is 16.9. The molecule has 0 amide bonds. The Balaban J connectivity index is 1.25. The molecule has 444 valence electrons. The highest BCUT2D eigenvalue weighted by Crippen LogP contribution is 2.55. The number of carboxylic acid groups (broad SMARTS) is 1. The van der Waals surface area contributed by atoms with Crippen molar-refractivity contribution in [2.45, 2.75) is 15.8 Å². The minimum atomic E-state index is -5.74. The first-order valence-electron chi connectivity index (χ1n) is 28.5. The van der Waals surface area contributed by atoms with Crippen LogP contribution >= 0.6 is 12.6 Å². The molecule has 0 fully saturated rings. The number of benzene rings is 10. The standard InChI is InChI=1S/C68H45N9O10S3Si/c78-68(79)51(35-88)69-36-87-91(86)76-64-56-52(37-17-5-1-6-18-37)43-31-29-41(89(80,81)82)33-49(43)54(39-21-9-3-10-22-39)58(56)66(76)74-62-48-28-16-14-26-46(48)61(71-62)73-65-57-53(38-19-7-2-8-20-38)44-32-30-42(90(83,84)85)34-50(44)55(40-23-11-4-12-24-40)59(57)67(77(65)91)75-63-47-27-15-13-25-45(47)60(70-63)72-64/h1-34,51,69,86,88H,35-36H2,(H,78,79)(H,80,81,82)(H,83,84,85). The molecule has 2 aromatic heterocycles. The molecule has 91 heavy (non-hydrogen) atoms. The van der Waals surface area contributed by atoms with Gasteiger partial charge in [0.1, 0.15) is 28.7 Å². The molecular formula is C68H45N9O10S3Si. The molecule has 4 aliphatic rings. The van der Waals surface area contributed by atoms with Crippen LogP contribution in [0.25, 0.3) is 87.6 Å². The highest BCUT2D eigenvalue weighted by atomic mass is 32.2. The number of nitrogens with zero attached hydrogens (tertiary/aromatic N) is 8. The summed E-state index contributed by atoms with van der Waals surface area (Å²) in [6.07, 6.45) is 0. The van der Waals surface area contributed by atoms with Gasteiger partial charge in [-0.25, -0.2) is 30.0 Å². The number of rotatable bonds is 12. The van der Waals surface area contributed by atoms with Crippen molar-refractivity contribution >= 4 is 126 Å². The smallest absolute Gasteiger partial charge is 0.480 e. The molecule has 10 aromatic carbocycles. The Hall–Kier alpha value is -10.2. The number of amidine groups is 4. The summed E-state index contributed by atoms with van der Waals surface area (Å²) in [4.78, 5) is 61.1. The minimum absolute atomic E-state index is 0.0142. The first kappa shape index (κ1) is 56.1. The van der Waals surface area contributed by atoms with Crippen LogP contribution in [0, 0.1) is 0 Å². The van der Waals surface area contributed by atoms with E-state index >= 15 is 4.80 Å². The van der Waals surface area contributed by atoms with Gasteiger partial charge < -0.3 is 14.3 Å². The first-order valence-corrected chi connectivity index (χ1v) is 33.8. The summed E-state index contributed by atoms with van der Waals surface area (Å²) in [6, 6.07) is 59.3. The second kappa shape index (κ2) is 21.0. The summed E-state index contributed by atoms with van der Waals surface area (Å²) in [5.41, 5.74) is 6.30. The number of aliphatic carboxylic acids is 1. The van der Waals surface area contributed by atoms with E-state index in [4.69, 9.17) is 34.4 Å². The lowest BCUT2D eigenvalue weighted by molar-refractivity contribution is -0.139. The molecule has 23 heteroatoms. The zero-order valence-electron chi connectivity index (χ0n) is 47.2. The first-order chi connectivity index (χ1) is 44.1. The van der Waals surface area contributed by atoms with Gasteiger partial charge in [-0.15, -0.1) is 0 Å². The van der Waals surface area contributed by atoms with Crippen LogP contribution in [0.1, 0.15) is 22.3 Å². The highest BCUT2D eigenvalue weighted by molar-refractivity contribution is 7.86. The second-order valence-electron chi connectivity index (χ2n) is 22.0. The predicted molar refractivity (Wildman–Crippen MR) is 354 cm³/mol. The number of carboxylic acids is 1. The maximum Gasteiger partial charge on any atom is 0.601 e. The maximum atomic E-state index is 15.7. The monoisotopic (exact) mass is 1270 g/mol. The molecule has 0 spiro atoms. The van der Waals surface area contributed by atoms with Gasteiger partial charge >= 0.3 is 14.9 Å². The van der Waals surface area contributed by atoms with Gasteiger partial charge in [-0.2, -0.15) is 29.5 Å². The van der Waals surface area contributed by atoms with Crippen LogP contribution in [0.4, 0.5) is 11.6 Å². The Labute approximate surface area is 523 Å². The zero-order chi connectivity index (χ0) is 62.2. The van der Waals surface area contributed by atoms with Gasteiger partial charge in [-0.3, -0.25) is 27.7 Å². The highest BCUT2D eigenvalue weighted by Gasteiger charge is 2.52. The molecule has 0 saturated heterocycles. The van der Waals surface area contributed by atoms with Crippen molar-refractivity contribution in [3.8, 4) is 44.5 Å². The van der Waals surface area contributed by atoms with E-state index in [1.807, 2.05) is 170 Å². The fourth-order valence-corrected chi connectivity index (χ4v) is 16.8. The Morgan fingerprint density at radius 1 is 0.462 bits per heavy atom. The van der Waals surface area contributed by atoms with Gasteiger partial charge in [-0.05, 0) is 68.1 Å². The minimum Gasteiger partial charge on any atom is -0.480 e. The van der Waals surface area contributed by atoms with Crippen molar-refractivity contribution in [1.29, 1.82) is 0 Å². The van der Waals surface area contributed by atoms with Crippen LogP contribution in [-0.2, 0) is 29.5 Å². The maximum absolute atomic E-state index is 15.7. The van der Waals surface area contributed by atoms with Gasteiger partial charge in [0.05, 0.1) is 16.5 Å². The quantitative estimate of drug-likeness (QED) is 0.0290. The molecule has 2 atom stereocenters. The van der Waals surface area contributed by atoms with E-state index in [1.165, 1.54) is 32.7 Å². The lowest BCUT2D eigenvalue weighted by atomic mass is 9.87. The largest absolute Gasteiger partial charge is 0.601 e. The molecule has 4 aliphatic heterocycles. The molecule has 19 nitrogen and oxygen atoms in total. The van der Waals surface area contributed by atoms with E-state index in [2.05, 4.69) is 17.9 Å². The molecule has 6 bridgehead atoms. The summed E-state index contributed by atoms with van der Waals surface area (Å²) in [5, 5.41) is 16.6. The average Bonchev–Trinajstić information content (AvgIpc) is 1.53. The van der Waals surface area contributed by atoms with E-state index in [9.17, 15) is 35.8 Å². The zero-order valence-corrected chi connectivity index (χ0v) is 50.7. The predicted octanol–water partition coefficient (Wildman–Crippen LogP) is 10.8. The van der Waals surface area contributed by atoms with Crippen LogP contribution in [0.15, 0.2) is 246 Å². The fraction of sp³-hybridized carbons (Fsp3) is 0.0441. The van der Waals surface area contributed by atoms with E-state index in [-0.39, 0.29) is 51.7 Å². The lowest BCUT2D eigenvalue weighted by Gasteiger charge is -2.29. The van der Waals surface area contributed by atoms with Gasteiger partial charge in [0, 0.05) is 71.8 Å². The van der Waals surface area contributed by atoms with Crippen molar-refractivity contribution in [2.24, 2.45) is 30.0 Å². The summed E-state index contributed by atoms with van der Waals surface area (Å²) in [5.74, 6) is -0.870. The summed E-state index contributed by atoms with van der Waals surface area (Å²) < 4.78 is 86.0.